The first kappa shape index (κ1) is 12.4. The van der Waals surface area contributed by atoms with E-state index in [1.165, 1.54) is 0 Å². The molecule has 0 amide bonds. The lowest BCUT2D eigenvalue weighted by Crippen LogP contribution is -2.27. The molecule has 1 heterocycles. The van der Waals surface area contributed by atoms with Crippen LogP contribution in [0.1, 0.15) is 26.3 Å². The van der Waals surface area contributed by atoms with Gasteiger partial charge >= 0.3 is 0 Å². The van der Waals surface area contributed by atoms with Crippen LogP contribution in [0.3, 0.4) is 0 Å². The fourth-order valence-corrected chi connectivity index (χ4v) is 2.60. The molecule has 0 atom stereocenters. The zero-order chi connectivity index (χ0) is 12.5. The van der Waals surface area contributed by atoms with E-state index in [4.69, 9.17) is 9.47 Å². The van der Waals surface area contributed by atoms with Gasteiger partial charge in [0.15, 0.2) is 0 Å². The minimum atomic E-state index is -0.226. The number of hydrogen-bond acceptors (Lipinski definition) is 3. The zero-order valence-electron chi connectivity index (χ0n) is 10.7. The van der Waals surface area contributed by atoms with Gasteiger partial charge in [-0.1, -0.05) is 13.0 Å². The third kappa shape index (κ3) is 2.60. The third-order valence-corrected chi connectivity index (χ3v) is 3.55. The number of benzene rings is 1. The summed E-state index contributed by atoms with van der Waals surface area (Å²) in [6, 6.07) is 4.12. The van der Waals surface area contributed by atoms with Gasteiger partial charge in [-0.2, -0.15) is 0 Å². The molecule has 0 spiro atoms. The van der Waals surface area contributed by atoms with Gasteiger partial charge in [0.2, 0.25) is 0 Å². The number of thioether (sulfide) groups is 1. The predicted octanol–water partition coefficient (Wildman–Crippen LogP) is 3.99. The molecule has 92 valence electrons. The molecule has 0 saturated heterocycles. The van der Waals surface area contributed by atoms with E-state index in [0.29, 0.717) is 0 Å². The highest BCUT2D eigenvalue weighted by Crippen LogP contribution is 2.39. The van der Waals surface area contributed by atoms with E-state index in [1.54, 1.807) is 18.9 Å². The molecule has 0 aliphatic carbocycles. The molecule has 0 N–H and O–H groups in total. The average molecular weight is 250 g/mol. The summed E-state index contributed by atoms with van der Waals surface area (Å²) in [5, 5.41) is 0. The van der Waals surface area contributed by atoms with Crippen LogP contribution in [0.15, 0.2) is 23.1 Å². The normalized spacial score (nSPS) is 16.2. The van der Waals surface area contributed by atoms with Crippen molar-refractivity contribution in [2.45, 2.75) is 31.3 Å². The first-order chi connectivity index (χ1) is 8.05. The maximum absolute atomic E-state index is 5.95. The van der Waals surface area contributed by atoms with E-state index < -0.39 is 0 Å². The van der Waals surface area contributed by atoms with E-state index in [2.05, 4.69) is 39.0 Å². The van der Waals surface area contributed by atoms with Gasteiger partial charge < -0.3 is 9.47 Å². The van der Waals surface area contributed by atoms with Gasteiger partial charge in [0, 0.05) is 5.56 Å². The summed E-state index contributed by atoms with van der Waals surface area (Å²) in [4.78, 5) is 1.14. The van der Waals surface area contributed by atoms with Crippen molar-refractivity contribution in [1.29, 1.82) is 0 Å². The molecule has 17 heavy (non-hydrogen) atoms. The Morgan fingerprint density at radius 2 is 2.12 bits per heavy atom. The molecule has 0 unspecified atom stereocenters. The topological polar surface area (TPSA) is 18.5 Å². The fourth-order valence-electron chi connectivity index (χ4n) is 1.81. The van der Waals surface area contributed by atoms with Crippen LogP contribution in [0.2, 0.25) is 0 Å². The summed E-state index contributed by atoms with van der Waals surface area (Å²) >= 11 is 1.77. The molecule has 1 aromatic rings. The second-order valence-electron chi connectivity index (χ2n) is 4.51. The molecule has 0 radical (unpaired) electrons. The highest BCUT2D eigenvalue weighted by Gasteiger charge is 2.23. The maximum Gasteiger partial charge on any atom is 0.133 e. The minimum Gasteiger partial charge on any atom is -0.496 e. The Hall–Kier alpha value is -1.09. The highest BCUT2D eigenvalue weighted by molar-refractivity contribution is 7.99. The van der Waals surface area contributed by atoms with Gasteiger partial charge in [0.1, 0.15) is 17.1 Å². The largest absolute Gasteiger partial charge is 0.496 e. The first-order valence-electron chi connectivity index (χ1n) is 5.79. The van der Waals surface area contributed by atoms with E-state index >= 15 is 0 Å². The van der Waals surface area contributed by atoms with Crippen LogP contribution in [0.5, 0.6) is 11.5 Å². The zero-order valence-corrected chi connectivity index (χ0v) is 11.6. The summed E-state index contributed by atoms with van der Waals surface area (Å²) in [5.41, 5.74) is 0.858. The van der Waals surface area contributed by atoms with Gasteiger partial charge in [0.05, 0.1) is 12.0 Å². The van der Waals surface area contributed by atoms with Crippen molar-refractivity contribution in [3.63, 3.8) is 0 Å². The van der Waals surface area contributed by atoms with Crippen LogP contribution < -0.4 is 9.47 Å². The number of rotatable bonds is 3. The predicted molar refractivity (Wildman–Crippen MR) is 73.1 cm³/mol. The van der Waals surface area contributed by atoms with Crippen molar-refractivity contribution in [2.24, 2.45) is 0 Å². The number of methoxy groups -OCH3 is 1. The number of fused-ring (bicyclic) bond motifs is 1. The van der Waals surface area contributed by atoms with E-state index in [1.807, 2.05) is 6.07 Å². The summed E-state index contributed by atoms with van der Waals surface area (Å²) < 4.78 is 11.4. The van der Waals surface area contributed by atoms with Crippen molar-refractivity contribution in [1.82, 2.24) is 0 Å². The van der Waals surface area contributed by atoms with E-state index in [9.17, 15) is 0 Å². The Balaban J connectivity index is 2.44. The summed E-state index contributed by atoms with van der Waals surface area (Å²) in [7, 11) is 1.71. The molecule has 0 saturated carbocycles. The van der Waals surface area contributed by atoms with Crippen molar-refractivity contribution >= 4 is 17.8 Å². The second-order valence-corrected chi connectivity index (χ2v) is 5.82. The summed E-state index contributed by atoms with van der Waals surface area (Å²) in [6.45, 7) is 6.25. The molecule has 2 nitrogen and oxygen atoms in total. The van der Waals surface area contributed by atoms with Crippen molar-refractivity contribution in [2.75, 3.05) is 12.9 Å². The average Bonchev–Trinajstić information content (AvgIpc) is 2.27. The Morgan fingerprint density at radius 1 is 1.35 bits per heavy atom. The number of ether oxygens (including phenoxy) is 2. The molecule has 1 aliphatic rings. The van der Waals surface area contributed by atoms with Gasteiger partial charge in [-0.3, -0.25) is 0 Å². The Bertz CT molecular complexity index is 450. The molecule has 1 aliphatic heterocycles. The maximum atomic E-state index is 5.95. The third-order valence-electron chi connectivity index (χ3n) is 2.63. The Labute approximate surface area is 107 Å². The van der Waals surface area contributed by atoms with Gasteiger partial charge in [0.25, 0.3) is 0 Å². The monoisotopic (exact) mass is 250 g/mol. The van der Waals surface area contributed by atoms with Gasteiger partial charge in [-0.05, 0) is 37.8 Å². The molecular weight excluding hydrogens is 232 g/mol. The van der Waals surface area contributed by atoms with Gasteiger partial charge in [-0.15, -0.1) is 11.8 Å². The lowest BCUT2D eigenvalue weighted by Gasteiger charge is -2.28. The second kappa shape index (κ2) is 4.65. The summed E-state index contributed by atoms with van der Waals surface area (Å²) in [5.74, 6) is 2.88. The first-order valence-corrected chi connectivity index (χ1v) is 6.77. The number of hydrogen-bond donors (Lipinski definition) is 0. The lowest BCUT2D eigenvalue weighted by atomic mass is 10.0. The van der Waals surface area contributed by atoms with E-state index in [0.717, 1.165) is 27.7 Å². The van der Waals surface area contributed by atoms with Gasteiger partial charge in [-0.25, -0.2) is 0 Å². The molecule has 1 aromatic carbocycles. The van der Waals surface area contributed by atoms with Crippen LogP contribution in [-0.2, 0) is 0 Å². The minimum absolute atomic E-state index is 0.226. The molecular formula is C14H18O2S. The van der Waals surface area contributed by atoms with Crippen LogP contribution in [0.4, 0.5) is 0 Å². The molecule has 0 bridgehead atoms. The SMILES string of the molecule is CCSc1cc2c(cc1OC)C=CC(C)(C)O2. The van der Waals surface area contributed by atoms with E-state index in [-0.39, 0.29) is 5.60 Å². The molecule has 2 rings (SSSR count). The molecule has 0 aromatic heterocycles. The molecule has 3 heteroatoms. The van der Waals surface area contributed by atoms with Crippen LogP contribution in [0, 0.1) is 0 Å². The van der Waals surface area contributed by atoms with Crippen LogP contribution in [0.25, 0.3) is 6.08 Å². The Kier molecular flexibility index (Phi) is 3.38. The Morgan fingerprint density at radius 3 is 2.76 bits per heavy atom. The van der Waals surface area contributed by atoms with Crippen molar-refractivity contribution < 1.29 is 9.47 Å². The van der Waals surface area contributed by atoms with Crippen molar-refractivity contribution in [3.05, 3.63) is 23.8 Å². The van der Waals surface area contributed by atoms with Crippen LogP contribution >= 0.6 is 11.8 Å². The standard InChI is InChI=1S/C14H18O2S/c1-5-17-13-9-11-10(8-12(13)15-4)6-7-14(2,3)16-11/h6-9H,5H2,1-4H3. The molecule has 0 fully saturated rings. The quantitative estimate of drug-likeness (QED) is 0.756. The van der Waals surface area contributed by atoms with Crippen LogP contribution in [-0.4, -0.2) is 18.5 Å². The highest BCUT2D eigenvalue weighted by atomic mass is 32.2. The lowest BCUT2D eigenvalue weighted by molar-refractivity contribution is 0.158. The fraction of sp³-hybridized carbons (Fsp3) is 0.429. The summed E-state index contributed by atoms with van der Waals surface area (Å²) in [6.07, 6.45) is 4.17. The van der Waals surface area contributed by atoms with Crippen molar-refractivity contribution in [3.8, 4) is 11.5 Å². The smallest absolute Gasteiger partial charge is 0.133 e.